The van der Waals surface area contributed by atoms with Gasteiger partial charge in [0.1, 0.15) is 18.3 Å². The number of nitrogens with zero attached hydrogens (tertiary/aromatic N) is 5. The summed E-state index contributed by atoms with van der Waals surface area (Å²) in [6, 6.07) is 28.6. The number of anilines is 2. The van der Waals surface area contributed by atoms with E-state index in [0.29, 0.717) is 30.4 Å². The maximum absolute atomic E-state index is 6.66. The Morgan fingerprint density at radius 2 is 1.32 bits per heavy atom. The van der Waals surface area contributed by atoms with E-state index < -0.39 is 0 Å². The van der Waals surface area contributed by atoms with Crippen LogP contribution >= 0.6 is 0 Å². The van der Waals surface area contributed by atoms with E-state index in [9.17, 15) is 0 Å². The van der Waals surface area contributed by atoms with Crippen LogP contribution in [0.3, 0.4) is 0 Å². The fourth-order valence-electron chi connectivity index (χ4n) is 3.76. The topological polar surface area (TPSA) is 72.9 Å². The summed E-state index contributed by atoms with van der Waals surface area (Å²) < 4.78 is 1.92. The zero-order valence-electron chi connectivity index (χ0n) is 17.0. The van der Waals surface area contributed by atoms with Gasteiger partial charge in [-0.1, -0.05) is 72.8 Å². The summed E-state index contributed by atoms with van der Waals surface area (Å²) in [4.78, 5) is 15.7. The second-order valence-electron chi connectivity index (χ2n) is 7.37. The third-order valence-electron chi connectivity index (χ3n) is 5.26. The van der Waals surface area contributed by atoms with E-state index in [1.165, 1.54) is 11.1 Å². The number of fused-ring (bicyclic) bond motifs is 1. The molecular weight excluding hydrogens is 384 g/mol. The van der Waals surface area contributed by atoms with Crippen molar-refractivity contribution in [3.05, 3.63) is 109 Å². The van der Waals surface area contributed by atoms with Crippen molar-refractivity contribution in [3.8, 4) is 5.82 Å². The molecule has 3 aromatic carbocycles. The number of rotatable bonds is 6. The third kappa shape index (κ3) is 3.83. The minimum absolute atomic E-state index is 0.525. The van der Waals surface area contributed by atoms with E-state index >= 15 is 0 Å². The van der Waals surface area contributed by atoms with Crippen molar-refractivity contribution in [2.45, 2.75) is 13.1 Å². The van der Waals surface area contributed by atoms with Gasteiger partial charge in [-0.05, 0) is 23.3 Å². The zero-order valence-corrected chi connectivity index (χ0v) is 17.0. The molecule has 0 aliphatic carbocycles. The maximum atomic E-state index is 6.66. The number of nitrogen functional groups attached to an aromatic ring is 1. The molecule has 2 aromatic heterocycles. The average molecular weight is 406 g/mol. The SMILES string of the molecule is Nc1c(N(Cc2ccccc2)Cc2ccccc2)ncnc1-n1cnc2ccccc21. The van der Waals surface area contributed by atoms with Gasteiger partial charge >= 0.3 is 0 Å². The molecule has 0 spiro atoms. The summed E-state index contributed by atoms with van der Waals surface area (Å²) in [6.45, 7) is 1.36. The minimum Gasteiger partial charge on any atom is -0.393 e. The van der Waals surface area contributed by atoms with Crippen molar-refractivity contribution in [3.63, 3.8) is 0 Å². The van der Waals surface area contributed by atoms with Gasteiger partial charge in [-0.15, -0.1) is 0 Å². The highest BCUT2D eigenvalue weighted by atomic mass is 15.2. The molecule has 152 valence electrons. The van der Waals surface area contributed by atoms with Crippen LogP contribution in [-0.4, -0.2) is 19.5 Å². The normalized spacial score (nSPS) is 11.0. The number of aromatic nitrogens is 4. The lowest BCUT2D eigenvalue weighted by Crippen LogP contribution is -2.25. The summed E-state index contributed by atoms with van der Waals surface area (Å²) in [5.74, 6) is 1.33. The Kier molecular flexibility index (Phi) is 5.02. The van der Waals surface area contributed by atoms with Crippen LogP contribution in [0.25, 0.3) is 16.9 Å². The largest absolute Gasteiger partial charge is 0.393 e. The summed E-state index contributed by atoms with van der Waals surface area (Å²) in [6.07, 6.45) is 3.32. The van der Waals surface area contributed by atoms with E-state index in [-0.39, 0.29) is 0 Å². The summed E-state index contributed by atoms with van der Waals surface area (Å²) in [5.41, 5.74) is 11.4. The van der Waals surface area contributed by atoms with Crippen molar-refractivity contribution in [2.24, 2.45) is 0 Å². The van der Waals surface area contributed by atoms with Crippen molar-refractivity contribution in [2.75, 3.05) is 10.6 Å². The predicted molar refractivity (Wildman–Crippen MR) is 124 cm³/mol. The Bertz CT molecular complexity index is 1260. The predicted octanol–water partition coefficient (Wildman–Crippen LogP) is 4.60. The van der Waals surface area contributed by atoms with Crippen LogP contribution < -0.4 is 10.6 Å². The van der Waals surface area contributed by atoms with Crippen molar-refractivity contribution in [1.82, 2.24) is 19.5 Å². The second-order valence-corrected chi connectivity index (χ2v) is 7.37. The molecule has 0 unspecified atom stereocenters. The molecular formula is C25H22N6. The van der Waals surface area contributed by atoms with Crippen LogP contribution in [0.5, 0.6) is 0 Å². The fourth-order valence-corrected chi connectivity index (χ4v) is 3.76. The molecule has 5 aromatic rings. The first kappa shape index (κ1) is 18.8. The quantitative estimate of drug-likeness (QED) is 0.446. The highest BCUT2D eigenvalue weighted by molar-refractivity contribution is 5.80. The number of hydrogen-bond acceptors (Lipinski definition) is 5. The summed E-state index contributed by atoms with van der Waals surface area (Å²) in [5, 5.41) is 0. The molecule has 31 heavy (non-hydrogen) atoms. The number of imidazole rings is 1. The third-order valence-corrected chi connectivity index (χ3v) is 5.26. The first-order valence-electron chi connectivity index (χ1n) is 10.2. The monoisotopic (exact) mass is 406 g/mol. The lowest BCUT2D eigenvalue weighted by atomic mass is 10.1. The smallest absolute Gasteiger partial charge is 0.167 e. The Labute approximate surface area is 180 Å². The molecule has 6 heteroatoms. The lowest BCUT2D eigenvalue weighted by molar-refractivity contribution is 0.780. The molecule has 2 N–H and O–H groups in total. The molecule has 0 saturated carbocycles. The van der Waals surface area contributed by atoms with Gasteiger partial charge in [0.05, 0.1) is 11.0 Å². The molecule has 5 rings (SSSR count). The molecule has 2 heterocycles. The summed E-state index contributed by atoms with van der Waals surface area (Å²) in [7, 11) is 0. The van der Waals surface area contributed by atoms with Crippen molar-refractivity contribution >= 4 is 22.5 Å². The Hall–Kier alpha value is -4.19. The van der Waals surface area contributed by atoms with Gasteiger partial charge in [-0.3, -0.25) is 4.57 Å². The van der Waals surface area contributed by atoms with Crippen LogP contribution in [0.4, 0.5) is 11.5 Å². The molecule has 0 amide bonds. The molecule has 0 fully saturated rings. The molecule has 0 bridgehead atoms. The van der Waals surface area contributed by atoms with Crippen LogP contribution in [0.1, 0.15) is 11.1 Å². The fraction of sp³-hybridized carbons (Fsp3) is 0.0800. The molecule has 0 saturated heterocycles. The highest BCUT2D eigenvalue weighted by Crippen LogP contribution is 2.29. The number of hydrogen-bond donors (Lipinski definition) is 1. The van der Waals surface area contributed by atoms with Gasteiger partial charge < -0.3 is 10.6 Å². The Balaban J connectivity index is 1.58. The molecule has 0 aliphatic rings. The highest BCUT2D eigenvalue weighted by Gasteiger charge is 2.18. The van der Waals surface area contributed by atoms with Crippen molar-refractivity contribution < 1.29 is 0 Å². The van der Waals surface area contributed by atoms with Gasteiger partial charge in [0.25, 0.3) is 0 Å². The first-order valence-corrected chi connectivity index (χ1v) is 10.2. The van der Waals surface area contributed by atoms with Crippen LogP contribution in [0, 0.1) is 0 Å². The Morgan fingerprint density at radius 1 is 0.710 bits per heavy atom. The van der Waals surface area contributed by atoms with E-state index in [1.807, 2.05) is 65.2 Å². The number of para-hydroxylation sites is 2. The van der Waals surface area contributed by atoms with E-state index in [2.05, 4.69) is 44.1 Å². The van der Waals surface area contributed by atoms with Gasteiger partial charge in [-0.2, -0.15) is 0 Å². The van der Waals surface area contributed by atoms with Gasteiger partial charge in [0.15, 0.2) is 11.6 Å². The Morgan fingerprint density at radius 3 is 2.00 bits per heavy atom. The second kappa shape index (κ2) is 8.28. The van der Waals surface area contributed by atoms with Crippen LogP contribution in [-0.2, 0) is 13.1 Å². The van der Waals surface area contributed by atoms with E-state index in [1.54, 1.807) is 12.7 Å². The summed E-state index contributed by atoms with van der Waals surface area (Å²) >= 11 is 0. The molecule has 0 radical (unpaired) electrons. The van der Waals surface area contributed by atoms with Crippen LogP contribution in [0.2, 0.25) is 0 Å². The molecule has 0 aliphatic heterocycles. The van der Waals surface area contributed by atoms with Gasteiger partial charge in [0.2, 0.25) is 0 Å². The zero-order chi connectivity index (χ0) is 21.0. The maximum Gasteiger partial charge on any atom is 0.167 e. The lowest BCUT2D eigenvalue weighted by Gasteiger charge is -2.26. The van der Waals surface area contributed by atoms with Crippen molar-refractivity contribution in [1.29, 1.82) is 0 Å². The molecule has 6 nitrogen and oxygen atoms in total. The molecule has 0 atom stereocenters. The van der Waals surface area contributed by atoms with E-state index in [0.717, 1.165) is 11.0 Å². The van der Waals surface area contributed by atoms with Gasteiger partial charge in [0, 0.05) is 13.1 Å². The standard InChI is InChI=1S/C25H22N6/c26-23-24(27-17-28-25(23)31-18-29-21-13-7-8-14-22(21)31)30(15-19-9-3-1-4-10-19)16-20-11-5-2-6-12-20/h1-14,17-18H,15-16,26H2. The van der Waals surface area contributed by atoms with E-state index in [4.69, 9.17) is 5.73 Å². The van der Waals surface area contributed by atoms with Crippen LogP contribution in [0.15, 0.2) is 97.6 Å². The van der Waals surface area contributed by atoms with Gasteiger partial charge in [-0.25, -0.2) is 15.0 Å². The average Bonchev–Trinajstić information content (AvgIpc) is 3.24. The number of benzene rings is 3. The minimum atomic E-state index is 0.525. The first-order chi connectivity index (χ1) is 15.3. The number of nitrogens with two attached hydrogens (primary N) is 1.